The Hall–Kier alpha value is -2.58. The average Bonchev–Trinajstić information content (AvgIpc) is 3.39. The molecule has 1 fully saturated rings. The van der Waals surface area contributed by atoms with E-state index in [2.05, 4.69) is 25.8 Å². The molecule has 2 aromatic rings. The van der Waals surface area contributed by atoms with Gasteiger partial charge in [0.2, 0.25) is 0 Å². The molecule has 2 N–H and O–H groups in total. The first-order chi connectivity index (χ1) is 14.5. The third-order valence-electron chi connectivity index (χ3n) is 5.30. The van der Waals surface area contributed by atoms with E-state index in [4.69, 9.17) is 0 Å². The molecule has 0 amide bonds. The number of aryl methyl sites for hydroxylation is 1. The summed E-state index contributed by atoms with van der Waals surface area (Å²) in [5.41, 5.74) is 0.212. The highest BCUT2D eigenvalue weighted by Crippen LogP contribution is 2.29. The first-order valence-electron chi connectivity index (χ1n) is 10.5. The van der Waals surface area contributed by atoms with Crippen molar-refractivity contribution in [1.29, 1.82) is 0 Å². The SMILES string of the molecule is CCc1nncn1CCNC(=NCCc1ccc(C(F)(F)F)cc1)NC1CCCC1. The number of rotatable bonds is 8. The lowest BCUT2D eigenvalue weighted by Gasteiger charge is -2.18. The van der Waals surface area contributed by atoms with Crippen LogP contribution in [0.3, 0.4) is 0 Å². The van der Waals surface area contributed by atoms with E-state index >= 15 is 0 Å². The van der Waals surface area contributed by atoms with Crippen molar-refractivity contribution in [1.82, 2.24) is 25.4 Å². The molecule has 30 heavy (non-hydrogen) atoms. The maximum Gasteiger partial charge on any atom is 0.416 e. The van der Waals surface area contributed by atoms with Gasteiger partial charge in [0.05, 0.1) is 5.56 Å². The summed E-state index contributed by atoms with van der Waals surface area (Å²) in [7, 11) is 0. The van der Waals surface area contributed by atoms with Crippen LogP contribution in [0.1, 0.15) is 49.6 Å². The molecule has 0 bridgehead atoms. The highest BCUT2D eigenvalue weighted by atomic mass is 19.4. The number of halogens is 3. The van der Waals surface area contributed by atoms with Crippen LogP contribution in [-0.4, -0.2) is 39.9 Å². The van der Waals surface area contributed by atoms with Gasteiger partial charge in [0, 0.05) is 32.1 Å². The molecule has 1 aromatic heterocycles. The molecule has 1 aliphatic carbocycles. The van der Waals surface area contributed by atoms with Gasteiger partial charge in [0.15, 0.2) is 5.96 Å². The minimum Gasteiger partial charge on any atom is -0.355 e. The zero-order chi connectivity index (χ0) is 21.4. The topological polar surface area (TPSA) is 67.1 Å². The zero-order valence-electron chi connectivity index (χ0n) is 17.3. The van der Waals surface area contributed by atoms with Gasteiger partial charge in [-0.25, -0.2) is 0 Å². The summed E-state index contributed by atoms with van der Waals surface area (Å²) in [5.74, 6) is 1.70. The average molecular weight is 422 g/mol. The third-order valence-corrected chi connectivity index (χ3v) is 5.30. The van der Waals surface area contributed by atoms with Gasteiger partial charge >= 0.3 is 6.18 Å². The van der Waals surface area contributed by atoms with E-state index in [0.717, 1.165) is 55.3 Å². The fourth-order valence-corrected chi connectivity index (χ4v) is 3.61. The smallest absolute Gasteiger partial charge is 0.355 e. The standard InChI is InChI=1S/C21H29F3N6/c1-2-19-29-27-15-30(19)14-13-26-20(28-18-5-3-4-6-18)25-12-11-16-7-9-17(10-8-16)21(22,23)24/h7-10,15,18H,2-6,11-14H2,1H3,(H2,25,26,28). The summed E-state index contributed by atoms with van der Waals surface area (Å²) in [4.78, 5) is 4.65. The first-order valence-corrected chi connectivity index (χ1v) is 10.5. The highest BCUT2D eigenvalue weighted by molar-refractivity contribution is 5.80. The van der Waals surface area contributed by atoms with Crippen LogP contribution in [0.5, 0.6) is 0 Å². The van der Waals surface area contributed by atoms with Crippen molar-refractivity contribution in [3.8, 4) is 0 Å². The van der Waals surface area contributed by atoms with Crippen molar-refractivity contribution in [3.63, 3.8) is 0 Å². The molecule has 0 unspecified atom stereocenters. The lowest BCUT2D eigenvalue weighted by molar-refractivity contribution is -0.137. The van der Waals surface area contributed by atoms with E-state index in [-0.39, 0.29) is 0 Å². The van der Waals surface area contributed by atoms with Crippen molar-refractivity contribution >= 4 is 5.96 Å². The van der Waals surface area contributed by atoms with Crippen molar-refractivity contribution < 1.29 is 13.2 Å². The van der Waals surface area contributed by atoms with Crippen LogP contribution in [0, 0.1) is 0 Å². The van der Waals surface area contributed by atoms with E-state index in [0.29, 0.717) is 25.6 Å². The number of hydrogen-bond acceptors (Lipinski definition) is 3. The molecule has 1 aromatic carbocycles. The second-order valence-electron chi connectivity index (χ2n) is 7.52. The van der Waals surface area contributed by atoms with Crippen molar-refractivity contribution in [2.75, 3.05) is 13.1 Å². The Labute approximate surface area is 175 Å². The summed E-state index contributed by atoms with van der Waals surface area (Å²) in [6.45, 7) is 3.97. The van der Waals surface area contributed by atoms with Gasteiger partial charge in [-0.15, -0.1) is 10.2 Å². The number of guanidine groups is 1. The molecule has 3 rings (SSSR count). The second-order valence-corrected chi connectivity index (χ2v) is 7.52. The monoisotopic (exact) mass is 422 g/mol. The van der Waals surface area contributed by atoms with Gasteiger partial charge in [0.1, 0.15) is 12.2 Å². The largest absolute Gasteiger partial charge is 0.416 e. The number of hydrogen-bond donors (Lipinski definition) is 2. The van der Waals surface area contributed by atoms with Crippen LogP contribution < -0.4 is 10.6 Å². The van der Waals surface area contributed by atoms with Gasteiger partial charge in [-0.3, -0.25) is 4.99 Å². The predicted octanol–water partition coefficient (Wildman–Crippen LogP) is 3.58. The third kappa shape index (κ3) is 6.47. The number of aromatic nitrogens is 3. The molecule has 0 atom stereocenters. The molecule has 0 aliphatic heterocycles. The number of alkyl halides is 3. The molecule has 9 heteroatoms. The summed E-state index contributed by atoms with van der Waals surface area (Å²) in [6.07, 6.45) is 3.54. The molecular formula is C21H29F3N6. The molecule has 6 nitrogen and oxygen atoms in total. The van der Waals surface area contributed by atoms with E-state index in [1.54, 1.807) is 6.33 Å². The van der Waals surface area contributed by atoms with Crippen molar-refractivity contribution in [2.45, 2.75) is 64.2 Å². The van der Waals surface area contributed by atoms with Gasteiger partial charge in [-0.05, 0) is 37.0 Å². The maximum absolute atomic E-state index is 12.7. The Bertz CT molecular complexity index is 807. The van der Waals surface area contributed by atoms with Crippen LogP contribution >= 0.6 is 0 Å². The summed E-state index contributed by atoms with van der Waals surface area (Å²) in [5, 5.41) is 14.9. The molecular weight excluding hydrogens is 393 g/mol. The number of nitrogens with zero attached hydrogens (tertiary/aromatic N) is 4. The summed E-state index contributed by atoms with van der Waals surface area (Å²) < 4.78 is 40.1. The van der Waals surface area contributed by atoms with Gasteiger partial charge in [-0.2, -0.15) is 13.2 Å². The minimum atomic E-state index is -4.30. The lowest BCUT2D eigenvalue weighted by atomic mass is 10.1. The van der Waals surface area contributed by atoms with E-state index < -0.39 is 11.7 Å². The molecule has 1 saturated carbocycles. The van der Waals surface area contributed by atoms with Crippen LogP contribution in [0.15, 0.2) is 35.6 Å². The zero-order valence-corrected chi connectivity index (χ0v) is 17.3. The quantitative estimate of drug-likeness (QED) is 0.504. The Morgan fingerprint density at radius 1 is 1.20 bits per heavy atom. The molecule has 164 valence electrons. The van der Waals surface area contributed by atoms with E-state index in [9.17, 15) is 13.2 Å². The molecule has 0 saturated heterocycles. The van der Waals surface area contributed by atoms with Gasteiger partial charge in [-0.1, -0.05) is 31.9 Å². The number of aliphatic imine (C=N–C) groups is 1. The van der Waals surface area contributed by atoms with Crippen LogP contribution in [0.4, 0.5) is 13.2 Å². The minimum absolute atomic E-state index is 0.420. The normalized spacial score (nSPS) is 15.5. The van der Waals surface area contributed by atoms with Crippen molar-refractivity contribution in [2.24, 2.45) is 4.99 Å². The summed E-state index contributed by atoms with van der Waals surface area (Å²) in [6, 6.07) is 5.71. The number of nitrogens with one attached hydrogen (secondary N) is 2. The molecule has 1 aliphatic rings. The maximum atomic E-state index is 12.7. The summed E-state index contributed by atoms with van der Waals surface area (Å²) >= 11 is 0. The van der Waals surface area contributed by atoms with E-state index in [1.165, 1.54) is 25.0 Å². The first kappa shape index (κ1) is 22.1. The Kier molecular flexibility index (Phi) is 7.70. The Balaban J connectivity index is 1.54. The second kappa shape index (κ2) is 10.4. The van der Waals surface area contributed by atoms with Crippen LogP contribution in [0.2, 0.25) is 0 Å². The fraction of sp³-hybridized carbons (Fsp3) is 0.571. The van der Waals surface area contributed by atoms with E-state index in [1.807, 2.05) is 11.5 Å². The predicted molar refractivity (Wildman–Crippen MR) is 110 cm³/mol. The van der Waals surface area contributed by atoms with Gasteiger partial charge < -0.3 is 15.2 Å². The molecule has 0 radical (unpaired) electrons. The fourth-order valence-electron chi connectivity index (χ4n) is 3.61. The van der Waals surface area contributed by atoms with Crippen LogP contribution in [-0.2, 0) is 25.6 Å². The number of benzene rings is 1. The van der Waals surface area contributed by atoms with Gasteiger partial charge in [0.25, 0.3) is 0 Å². The molecule has 1 heterocycles. The molecule has 0 spiro atoms. The van der Waals surface area contributed by atoms with Crippen molar-refractivity contribution in [3.05, 3.63) is 47.5 Å². The Morgan fingerprint density at radius 2 is 1.93 bits per heavy atom. The Morgan fingerprint density at radius 3 is 2.60 bits per heavy atom. The highest BCUT2D eigenvalue weighted by Gasteiger charge is 2.29. The van der Waals surface area contributed by atoms with Crippen LogP contribution in [0.25, 0.3) is 0 Å². The lowest BCUT2D eigenvalue weighted by Crippen LogP contribution is -2.43.